The summed E-state index contributed by atoms with van der Waals surface area (Å²) in [6.45, 7) is 2.35. The van der Waals surface area contributed by atoms with Gasteiger partial charge in [0.05, 0.1) is 0 Å². The van der Waals surface area contributed by atoms with Crippen LogP contribution in [0, 0.1) is 5.92 Å². The monoisotopic (exact) mass is 256 g/mol. The summed E-state index contributed by atoms with van der Waals surface area (Å²) in [5.41, 5.74) is 0. The molecule has 2 nitrogen and oxygen atoms in total. The lowest BCUT2D eigenvalue weighted by atomic mass is 9.82. The smallest absolute Gasteiger partial charge is 0.124 e. The Labute approximate surface area is 93.9 Å². The Hall–Kier alpha value is -0.310. The third-order valence-electron chi connectivity index (χ3n) is 3.26. The van der Waals surface area contributed by atoms with Crippen molar-refractivity contribution in [1.82, 2.24) is 9.55 Å². The van der Waals surface area contributed by atoms with E-state index < -0.39 is 0 Å². The van der Waals surface area contributed by atoms with E-state index in [9.17, 15) is 0 Å². The first-order valence-corrected chi connectivity index (χ1v) is 6.15. The summed E-state index contributed by atoms with van der Waals surface area (Å²) in [7, 11) is 2.09. The summed E-state index contributed by atoms with van der Waals surface area (Å²) < 4.78 is 3.12. The SMILES string of the molecule is Cn1cc(Br)nc1[C@H]1CC[C@H](C)CC1. The molecule has 1 saturated carbocycles. The highest BCUT2D eigenvalue weighted by Crippen LogP contribution is 2.35. The third kappa shape index (κ3) is 2.02. The van der Waals surface area contributed by atoms with Gasteiger partial charge in [-0.15, -0.1) is 0 Å². The van der Waals surface area contributed by atoms with E-state index in [1.54, 1.807) is 0 Å². The first-order chi connectivity index (χ1) is 6.66. The number of hydrogen-bond acceptors (Lipinski definition) is 1. The molecule has 0 bridgehead atoms. The Kier molecular flexibility index (Phi) is 2.96. The average molecular weight is 257 g/mol. The molecule has 1 aliphatic carbocycles. The number of nitrogens with zero attached hydrogens (tertiary/aromatic N) is 2. The molecule has 1 fully saturated rings. The second kappa shape index (κ2) is 4.05. The van der Waals surface area contributed by atoms with Crippen LogP contribution in [0.1, 0.15) is 44.3 Å². The zero-order valence-electron chi connectivity index (χ0n) is 8.83. The number of aryl methyl sites for hydroxylation is 1. The molecule has 1 aliphatic rings. The van der Waals surface area contributed by atoms with Crippen molar-refractivity contribution in [2.45, 2.75) is 38.5 Å². The van der Waals surface area contributed by atoms with Gasteiger partial charge in [-0.2, -0.15) is 0 Å². The molecule has 0 atom stereocenters. The predicted molar refractivity (Wildman–Crippen MR) is 61.3 cm³/mol. The molecule has 0 N–H and O–H groups in total. The van der Waals surface area contributed by atoms with Gasteiger partial charge >= 0.3 is 0 Å². The minimum absolute atomic E-state index is 0.683. The molecule has 0 unspecified atom stereocenters. The van der Waals surface area contributed by atoms with Gasteiger partial charge in [0, 0.05) is 19.2 Å². The lowest BCUT2D eigenvalue weighted by molar-refractivity contribution is 0.336. The van der Waals surface area contributed by atoms with Crippen molar-refractivity contribution >= 4 is 15.9 Å². The number of rotatable bonds is 1. The van der Waals surface area contributed by atoms with E-state index in [2.05, 4.69) is 39.5 Å². The molecule has 3 heteroatoms. The number of hydrogen-bond donors (Lipinski definition) is 0. The summed E-state index contributed by atoms with van der Waals surface area (Å²) in [6.07, 6.45) is 7.37. The van der Waals surface area contributed by atoms with Crippen molar-refractivity contribution in [3.63, 3.8) is 0 Å². The maximum atomic E-state index is 4.54. The van der Waals surface area contributed by atoms with E-state index in [0.717, 1.165) is 10.5 Å². The first-order valence-electron chi connectivity index (χ1n) is 5.35. The molecule has 0 amide bonds. The molecule has 14 heavy (non-hydrogen) atoms. The van der Waals surface area contributed by atoms with Gasteiger partial charge in [-0.1, -0.05) is 19.8 Å². The number of halogens is 1. The van der Waals surface area contributed by atoms with Crippen molar-refractivity contribution in [1.29, 1.82) is 0 Å². The topological polar surface area (TPSA) is 17.8 Å². The van der Waals surface area contributed by atoms with E-state index in [4.69, 9.17) is 0 Å². The van der Waals surface area contributed by atoms with Gasteiger partial charge in [0.15, 0.2) is 0 Å². The van der Waals surface area contributed by atoms with E-state index in [0.29, 0.717) is 5.92 Å². The van der Waals surface area contributed by atoms with Gasteiger partial charge in [-0.25, -0.2) is 4.98 Å². The van der Waals surface area contributed by atoms with Crippen LogP contribution in [0.25, 0.3) is 0 Å². The Bertz CT molecular complexity index is 311. The molecule has 0 saturated heterocycles. The van der Waals surface area contributed by atoms with Crippen LogP contribution >= 0.6 is 15.9 Å². The highest BCUT2D eigenvalue weighted by atomic mass is 79.9. The average Bonchev–Trinajstić information content (AvgIpc) is 2.47. The minimum Gasteiger partial charge on any atom is -0.337 e. The highest BCUT2D eigenvalue weighted by molar-refractivity contribution is 9.10. The van der Waals surface area contributed by atoms with E-state index in [-0.39, 0.29) is 0 Å². The normalized spacial score (nSPS) is 27.9. The summed E-state index contributed by atoms with van der Waals surface area (Å²) >= 11 is 3.43. The number of aromatic nitrogens is 2. The van der Waals surface area contributed by atoms with Crippen molar-refractivity contribution < 1.29 is 0 Å². The molecule has 1 aromatic heterocycles. The van der Waals surface area contributed by atoms with Gasteiger partial charge in [0.25, 0.3) is 0 Å². The zero-order chi connectivity index (χ0) is 10.1. The molecule has 78 valence electrons. The molecular formula is C11H17BrN2. The minimum atomic E-state index is 0.683. The van der Waals surface area contributed by atoms with Crippen LogP contribution in [-0.4, -0.2) is 9.55 Å². The van der Waals surface area contributed by atoms with Crippen LogP contribution in [0.5, 0.6) is 0 Å². The highest BCUT2D eigenvalue weighted by Gasteiger charge is 2.22. The summed E-state index contributed by atoms with van der Waals surface area (Å²) in [5.74, 6) is 2.85. The second-order valence-electron chi connectivity index (χ2n) is 4.49. The fourth-order valence-corrected chi connectivity index (χ4v) is 2.83. The Morgan fingerprint density at radius 1 is 1.36 bits per heavy atom. The first kappa shape index (κ1) is 10.2. The van der Waals surface area contributed by atoms with Crippen molar-refractivity contribution in [2.24, 2.45) is 13.0 Å². The third-order valence-corrected chi connectivity index (χ3v) is 3.65. The zero-order valence-corrected chi connectivity index (χ0v) is 10.4. The van der Waals surface area contributed by atoms with Gasteiger partial charge in [0.1, 0.15) is 10.4 Å². The maximum absolute atomic E-state index is 4.54. The van der Waals surface area contributed by atoms with Crippen LogP contribution in [0.3, 0.4) is 0 Å². The number of imidazole rings is 1. The quantitative estimate of drug-likeness (QED) is 0.753. The predicted octanol–water partition coefficient (Wildman–Crippen LogP) is 3.48. The van der Waals surface area contributed by atoms with E-state index in [1.807, 2.05) is 6.20 Å². The summed E-state index contributed by atoms with van der Waals surface area (Å²) in [5, 5.41) is 0. The fraction of sp³-hybridized carbons (Fsp3) is 0.727. The van der Waals surface area contributed by atoms with Crippen LogP contribution in [0.4, 0.5) is 0 Å². The fourth-order valence-electron chi connectivity index (χ4n) is 2.34. The molecule has 0 spiro atoms. The van der Waals surface area contributed by atoms with E-state index >= 15 is 0 Å². The lowest BCUT2D eigenvalue weighted by Crippen LogP contribution is -2.14. The molecule has 1 heterocycles. The Morgan fingerprint density at radius 2 is 2.00 bits per heavy atom. The Balaban J connectivity index is 2.11. The van der Waals surface area contributed by atoms with Crippen molar-refractivity contribution in [3.05, 3.63) is 16.6 Å². The standard InChI is InChI=1S/C11H17BrN2/c1-8-3-5-9(6-4-8)11-13-10(12)7-14(11)2/h7-9H,3-6H2,1-2H3/t8-,9-. The largest absolute Gasteiger partial charge is 0.337 e. The molecule has 0 aromatic carbocycles. The molecule has 0 radical (unpaired) electrons. The van der Waals surface area contributed by atoms with E-state index in [1.165, 1.54) is 31.5 Å². The van der Waals surface area contributed by atoms with Crippen LogP contribution < -0.4 is 0 Å². The Morgan fingerprint density at radius 3 is 2.50 bits per heavy atom. The molecular weight excluding hydrogens is 240 g/mol. The van der Waals surface area contributed by atoms with Gasteiger partial charge in [-0.3, -0.25) is 0 Å². The van der Waals surface area contributed by atoms with Crippen LogP contribution in [0.15, 0.2) is 10.8 Å². The molecule has 1 aromatic rings. The summed E-state index contributed by atoms with van der Waals surface area (Å²) in [4.78, 5) is 4.54. The van der Waals surface area contributed by atoms with Gasteiger partial charge in [-0.05, 0) is 34.7 Å². The molecule has 0 aliphatic heterocycles. The molecule has 2 rings (SSSR count). The maximum Gasteiger partial charge on any atom is 0.124 e. The summed E-state index contributed by atoms with van der Waals surface area (Å²) in [6, 6.07) is 0. The van der Waals surface area contributed by atoms with Crippen LogP contribution in [-0.2, 0) is 7.05 Å². The van der Waals surface area contributed by atoms with Crippen molar-refractivity contribution in [3.8, 4) is 0 Å². The van der Waals surface area contributed by atoms with Crippen molar-refractivity contribution in [2.75, 3.05) is 0 Å². The van der Waals surface area contributed by atoms with Gasteiger partial charge < -0.3 is 4.57 Å². The lowest BCUT2D eigenvalue weighted by Gasteiger charge is -2.25. The van der Waals surface area contributed by atoms with Gasteiger partial charge in [0.2, 0.25) is 0 Å². The van der Waals surface area contributed by atoms with Crippen LogP contribution in [0.2, 0.25) is 0 Å². The second-order valence-corrected chi connectivity index (χ2v) is 5.30.